The molecule has 0 unspecified atom stereocenters. The summed E-state index contributed by atoms with van der Waals surface area (Å²) in [6.07, 6.45) is 5.34. The van der Waals surface area contributed by atoms with Crippen molar-refractivity contribution in [3.63, 3.8) is 0 Å². The maximum absolute atomic E-state index is 11.7. The first-order chi connectivity index (χ1) is 9.74. The Morgan fingerprint density at radius 1 is 1.40 bits per heavy atom. The molecule has 0 saturated heterocycles. The van der Waals surface area contributed by atoms with Gasteiger partial charge in [-0.3, -0.25) is 9.59 Å². The van der Waals surface area contributed by atoms with Gasteiger partial charge in [-0.1, -0.05) is 0 Å². The summed E-state index contributed by atoms with van der Waals surface area (Å²) >= 11 is 0. The van der Waals surface area contributed by atoms with Crippen LogP contribution in [0.5, 0.6) is 0 Å². The number of amides is 1. The van der Waals surface area contributed by atoms with E-state index in [1.807, 2.05) is 0 Å². The lowest BCUT2D eigenvalue weighted by molar-refractivity contribution is -0.122. The topological polar surface area (TPSA) is 81.8 Å². The first-order valence-corrected chi connectivity index (χ1v) is 6.60. The molecule has 0 aromatic carbocycles. The highest BCUT2D eigenvalue weighted by Gasteiger charge is 2.29. The predicted molar refractivity (Wildman–Crippen MR) is 71.4 cm³/mol. The van der Waals surface area contributed by atoms with E-state index in [0.717, 1.165) is 12.8 Å². The van der Waals surface area contributed by atoms with Gasteiger partial charge in [0.2, 0.25) is 5.91 Å². The van der Waals surface area contributed by atoms with E-state index in [1.54, 1.807) is 29.2 Å². The van der Waals surface area contributed by atoms with Crippen molar-refractivity contribution in [3.05, 3.63) is 40.9 Å². The molecule has 1 aliphatic carbocycles. The van der Waals surface area contributed by atoms with Crippen LogP contribution in [0.15, 0.2) is 35.4 Å². The smallest absolute Gasteiger partial charge is 0.266 e. The molecule has 2 aromatic rings. The summed E-state index contributed by atoms with van der Waals surface area (Å²) in [7, 11) is 0. The van der Waals surface area contributed by atoms with Crippen LogP contribution in [0.2, 0.25) is 0 Å². The van der Waals surface area contributed by atoms with Crippen molar-refractivity contribution in [1.29, 1.82) is 0 Å². The van der Waals surface area contributed by atoms with Crippen molar-refractivity contribution >= 4 is 5.91 Å². The van der Waals surface area contributed by atoms with Crippen LogP contribution in [-0.2, 0) is 11.3 Å². The van der Waals surface area contributed by atoms with Gasteiger partial charge in [0.25, 0.3) is 5.56 Å². The standard InChI is InChI=1S/C13H15N5O2/c19-12-5-4-11(17-8-1-6-15-17)16-18(12)9-7-14-13(20)10-2-3-10/h1,4-6,8,10H,2-3,7,9H2,(H,14,20). The number of hydrogen-bond donors (Lipinski definition) is 1. The summed E-state index contributed by atoms with van der Waals surface area (Å²) in [5.41, 5.74) is -0.193. The fourth-order valence-electron chi connectivity index (χ4n) is 1.90. The number of nitrogens with zero attached hydrogens (tertiary/aromatic N) is 4. The lowest BCUT2D eigenvalue weighted by Crippen LogP contribution is -2.32. The van der Waals surface area contributed by atoms with Crippen molar-refractivity contribution in [2.45, 2.75) is 19.4 Å². The van der Waals surface area contributed by atoms with Crippen LogP contribution in [0, 0.1) is 5.92 Å². The molecule has 1 amide bonds. The van der Waals surface area contributed by atoms with Crippen LogP contribution < -0.4 is 10.9 Å². The van der Waals surface area contributed by atoms with Gasteiger partial charge in [0.1, 0.15) is 0 Å². The second kappa shape index (κ2) is 5.28. The van der Waals surface area contributed by atoms with E-state index in [9.17, 15) is 9.59 Å². The van der Waals surface area contributed by atoms with Gasteiger partial charge in [0, 0.05) is 30.9 Å². The van der Waals surface area contributed by atoms with Gasteiger partial charge in [-0.15, -0.1) is 5.10 Å². The van der Waals surface area contributed by atoms with Crippen LogP contribution in [0.1, 0.15) is 12.8 Å². The molecule has 3 rings (SSSR count). The summed E-state index contributed by atoms with van der Waals surface area (Å²) in [5, 5.41) is 11.1. The molecular formula is C13H15N5O2. The fraction of sp³-hybridized carbons (Fsp3) is 0.385. The second-order valence-electron chi connectivity index (χ2n) is 4.77. The van der Waals surface area contributed by atoms with E-state index in [2.05, 4.69) is 15.5 Å². The summed E-state index contributed by atoms with van der Waals surface area (Å²) < 4.78 is 2.92. The Morgan fingerprint density at radius 2 is 2.25 bits per heavy atom. The summed E-state index contributed by atoms with van der Waals surface area (Å²) in [6, 6.07) is 4.86. The zero-order valence-corrected chi connectivity index (χ0v) is 10.9. The van der Waals surface area contributed by atoms with Gasteiger partial charge in [0.15, 0.2) is 5.82 Å². The predicted octanol–water partition coefficient (Wildman–Crippen LogP) is -0.0448. The third-order valence-corrected chi connectivity index (χ3v) is 3.16. The van der Waals surface area contributed by atoms with E-state index < -0.39 is 0 Å². The zero-order valence-electron chi connectivity index (χ0n) is 10.9. The van der Waals surface area contributed by atoms with Gasteiger partial charge in [-0.25, -0.2) is 9.36 Å². The van der Waals surface area contributed by atoms with Crippen LogP contribution >= 0.6 is 0 Å². The zero-order chi connectivity index (χ0) is 13.9. The van der Waals surface area contributed by atoms with Gasteiger partial charge >= 0.3 is 0 Å². The minimum Gasteiger partial charge on any atom is -0.354 e. The van der Waals surface area contributed by atoms with E-state index in [1.165, 1.54) is 10.7 Å². The molecule has 0 atom stereocenters. The molecule has 2 heterocycles. The molecule has 1 saturated carbocycles. The Kier molecular flexibility index (Phi) is 3.32. The molecule has 20 heavy (non-hydrogen) atoms. The molecule has 1 N–H and O–H groups in total. The average molecular weight is 273 g/mol. The van der Waals surface area contributed by atoms with Gasteiger partial charge in [-0.05, 0) is 25.0 Å². The molecule has 7 heteroatoms. The SMILES string of the molecule is O=C(NCCn1nc(-n2cccn2)ccc1=O)C1CC1. The van der Waals surface area contributed by atoms with Crippen LogP contribution in [0.25, 0.3) is 5.82 Å². The molecule has 0 bridgehead atoms. The maximum Gasteiger partial charge on any atom is 0.266 e. The molecule has 0 radical (unpaired) electrons. The molecule has 104 valence electrons. The monoisotopic (exact) mass is 273 g/mol. The minimum atomic E-state index is -0.193. The van der Waals surface area contributed by atoms with Gasteiger partial charge < -0.3 is 5.32 Å². The molecule has 2 aromatic heterocycles. The van der Waals surface area contributed by atoms with Crippen molar-refractivity contribution in [3.8, 4) is 5.82 Å². The molecule has 7 nitrogen and oxygen atoms in total. The molecule has 0 spiro atoms. The van der Waals surface area contributed by atoms with E-state index in [0.29, 0.717) is 18.9 Å². The van der Waals surface area contributed by atoms with Gasteiger partial charge in [-0.2, -0.15) is 5.10 Å². The van der Waals surface area contributed by atoms with Crippen LogP contribution in [0.3, 0.4) is 0 Å². The minimum absolute atomic E-state index is 0.0706. The van der Waals surface area contributed by atoms with Crippen molar-refractivity contribution < 1.29 is 4.79 Å². The number of carbonyl (C=O) groups excluding carboxylic acids is 1. The van der Waals surface area contributed by atoms with Crippen molar-refractivity contribution in [2.24, 2.45) is 5.92 Å². The highest BCUT2D eigenvalue weighted by atomic mass is 16.2. The lowest BCUT2D eigenvalue weighted by atomic mass is 10.4. The van der Waals surface area contributed by atoms with Crippen molar-refractivity contribution in [1.82, 2.24) is 24.9 Å². The summed E-state index contributed by atoms with van der Waals surface area (Å²) in [5.74, 6) is 0.819. The third-order valence-electron chi connectivity index (χ3n) is 3.16. The molecular weight excluding hydrogens is 258 g/mol. The Morgan fingerprint density at radius 3 is 2.95 bits per heavy atom. The number of carbonyl (C=O) groups is 1. The highest BCUT2D eigenvalue weighted by molar-refractivity contribution is 5.80. The van der Waals surface area contributed by atoms with E-state index >= 15 is 0 Å². The first-order valence-electron chi connectivity index (χ1n) is 6.60. The van der Waals surface area contributed by atoms with Crippen LogP contribution in [0.4, 0.5) is 0 Å². The van der Waals surface area contributed by atoms with E-state index in [-0.39, 0.29) is 17.4 Å². The molecule has 1 fully saturated rings. The number of nitrogens with one attached hydrogen (secondary N) is 1. The third kappa shape index (κ3) is 2.76. The van der Waals surface area contributed by atoms with Crippen LogP contribution in [-0.4, -0.2) is 32.0 Å². The first kappa shape index (κ1) is 12.6. The van der Waals surface area contributed by atoms with Crippen molar-refractivity contribution in [2.75, 3.05) is 6.54 Å². The van der Waals surface area contributed by atoms with Gasteiger partial charge in [0.05, 0.1) is 6.54 Å². The molecule has 1 aliphatic rings. The Bertz CT molecular complexity index is 658. The number of rotatable bonds is 5. The Hall–Kier alpha value is -2.44. The normalized spacial score (nSPS) is 14.2. The number of hydrogen-bond acceptors (Lipinski definition) is 4. The average Bonchev–Trinajstić information content (AvgIpc) is 3.16. The highest BCUT2D eigenvalue weighted by Crippen LogP contribution is 2.28. The number of aromatic nitrogens is 4. The summed E-state index contributed by atoms with van der Waals surface area (Å²) in [4.78, 5) is 23.2. The lowest BCUT2D eigenvalue weighted by Gasteiger charge is -2.08. The largest absolute Gasteiger partial charge is 0.354 e. The second-order valence-corrected chi connectivity index (χ2v) is 4.77. The summed E-state index contributed by atoms with van der Waals surface area (Å²) in [6.45, 7) is 0.761. The van der Waals surface area contributed by atoms with E-state index in [4.69, 9.17) is 0 Å². The Labute approximate surface area is 115 Å². The maximum atomic E-state index is 11.7. The molecule has 0 aliphatic heterocycles. The Balaban J connectivity index is 1.67. The quantitative estimate of drug-likeness (QED) is 0.828. The fourth-order valence-corrected chi connectivity index (χ4v) is 1.90.